The van der Waals surface area contributed by atoms with E-state index in [1.165, 1.54) is 0 Å². The molecule has 0 rings (SSSR count). The summed E-state index contributed by atoms with van der Waals surface area (Å²) < 4.78 is 8.59. The van der Waals surface area contributed by atoms with Crippen LogP contribution < -0.4 is 62.4 Å². The van der Waals surface area contributed by atoms with Crippen LogP contribution in [-0.4, -0.2) is 4.89 Å². The monoisotopic (exact) mass is 136 g/mol. The van der Waals surface area contributed by atoms with Gasteiger partial charge in [0.25, 0.3) is 0 Å². The molecule has 6 heavy (non-hydrogen) atoms. The molecule has 1 atom stereocenters. The van der Waals surface area contributed by atoms with Gasteiger partial charge in [0.1, 0.15) is 0 Å². The standard InChI is InChI=1S/K.H3N.HO3P/c;;1-4(2)3/h;1H3;(H,1,2,3)/q+1;;. The summed E-state index contributed by atoms with van der Waals surface area (Å²) in [6.07, 6.45) is 0. The van der Waals surface area contributed by atoms with E-state index in [0.29, 0.717) is 0 Å². The smallest absolute Gasteiger partial charge is 0.567 e. The summed E-state index contributed by atoms with van der Waals surface area (Å²) in [5.74, 6) is 0. The molecular weight excluding hydrogens is 132 g/mol. The molecule has 0 aromatic rings. The number of hydrogen-bond acceptors (Lipinski definition) is 3. The van der Waals surface area contributed by atoms with Crippen molar-refractivity contribution in [1.82, 2.24) is 6.15 Å². The van der Waals surface area contributed by atoms with Crippen LogP contribution in [0.3, 0.4) is 0 Å². The fourth-order valence-electron chi connectivity index (χ4n) is 0. The maximum atomic E-state index is 8.59. The first-order valence-corrected chi connectivity index (χ1v) is 1.70. The van der Waals surface area contributed by atoms with E-state index < -0.39 is 8.25 Å². The molecule has 0 heterocycles. The molecule has 0 aliphatic carbocycles. The van der Waals surface area contributed by atoms with Crippen molar-refractivity contribution in [3.63, 3.8) is 0 Å². The summed E-state index contributed by atoms with van der Waals surface area (Å²) in [6, 6.07) is 0. The van der Waals surface area contributed by atoms with Gasteiger partial charge in [-0.1, -0.05) is 0 Å². The average molecular weight is 136 g/mol. The maximum absolute atomic E-state index is 8.59. The molecule has 6 heteroatoms. The summed E-state index contributed by atoms with van der Waals surface area (Å²) in [4.78, 5) is 15.6. The van der Waals surface area contributed by atoms with Gasteiger partial charge in [0.05, 0.1) is 0 Å². The summed E-state index contributed by atoms with van der Waals surface area (Å²) in [5, 5.41) is 0. The van der Waals surface area contributed by atoms with Crippen LogP contribution in [0.1, 0.15) is 0 Å². The van der Waals surface area contributed by atoms with Crippen LogP contribution in [0, 0.1) is 0 Å². The first-order valence-electron chi connectivity index (χ1n) is 0.565. The van der Waals surface area contributed by atoms with Gasteiger partial charge in [-0.2, -0.15) is 4.89 Å². The second kappa shape index (κ2) is 9.79. The Kier molecular flexibility index (Phi) is 25.5. The van der Waals surface area contributed by atoms with Crippen molar-refractivity contribution >= 4 is 8.25 Å². The van der Waals surface area contributed by atoms with Crippen molar-refractivity contribution in [3.8, 4) is 0 Å². The quantitative estimate of drug-likeness (QED) is 0.263. The maximum Gasteiger partial charge on any atom is 1.00 e. The van der Waals surface area contributed by atoms with Crippen molar-refractivity contribution in [2.75, 3.05) is 0 Å². The molecule has 0 bridgehead atoms. The fraction of sp³-hybridized carbons (Fsp3) is 0. The van der Waals surface area contributed by atoms with Crippen molar-refractivity contribution in [2.24, 2.45) is 0 Å². The van der Waals surface area contributed by atoms with Crippen LogP contribution >= 0.6 is 8.25 Å². The molecule has 0 aliphatic heterocycles. The van der Waals surface area contributed by atoms with Crippen LogP contribution in [0.25, 0.3) is 0 Å². The zero-order chi connectivity index (χ0) is 3.58. The molecule has 0 radical (unpaired) electrons. The third kappa shape index (κ3) is 45.8. The molecule has 0 aromatic carbocycles. The third-order valence-electron chi connectivity index (χ3n) is 0. The normalized spacial score (nSPS) is 7.33. The van der Waals surface area contributed by atoms with Gasteiger partial charge >= 0.3 is 59.6 Å². The molecule has 0 aromatic heterocycles. The molecule has 0 saturated carbocycles. The van der Waals surface area contributed by atoms with E-state index in [1.54, 1.807) is 0 Å². The Hall–Kier alpha value is 1.62. The van der Waals surface area contributed by atoms with Crippen LogP contribution in [0.4, 0.5) is 0 Å². The second-order valence-electron chi connectivity index (χ2n) is 0.238. The first kappa shape index (κ1) is 15.6. The predicted octanol–water partition coefficient (Wildman–Crippen LogP) is -3.84. The zero-order valence-corrected chi connectivity index (χ0v) is 7.44. The van der Waals surface area contributed by atoms with E-state index >= 15 is 0 Å². The van der Waals surface area contributed by atoms with Crippen LogP contribution in [-0.2, 0) is 4.57 Å². The van der Waals surface area contributed by atoms with Gasteiger partial charge in [-0.3, -0.25) is 0 Å². The van der Waals surface area contributed by atoms with Gasteiger partial charge in [0.15, 0.2) is 0 Å². The third-order valence-corrected chi connectivity index (χ3v) is 0. The molecule has 4 nitrogen and oxygen atoms in total. The van der Waals surface area contributed by atoms with Gasteiger partial charge in [-0.25, -0.2) is 0 Å². The van der Waals surface area contributed by atoms with Gasteiger partial charge in [-0.15, -0.1) is 0 Å². The predicted molar refractivity (Wildman–Crippen MR) is 14.8 cm³/mol. The summed E-state index contributed by atoms with van der Waals surface area (Å²) >= 11 is 0. The molecule has 0 spiro atoms. The Balaban J connectivity index is -0.0000000450. The number of rotatable bonds is 0. The molecule has 4 N–H and O–H groups in total. The van der Waals surface area contributed by atoms with Gasteiger partial charge in [0, 0.05) is 0 Å². The van der Waals surface area contributed by atoms with E-state index in [4.69, 9.17) is 14.4 Å². The average Bonchev–Trinajstić information content (AvgIpc) is 0.811. The van der Waals surface area contributed by atoms with Crippen LogP contribution in [0.5, 0.6) is 0 Å². The Morgan fingerprint density at radius 3 is 1.67 bits per heavy atom. The second-order valence-corrected chi connectivity index (χ2v) is 0.714. The van der Waals surface area contributed by atoms with Gasteiger partial charge in [-0.05, 0) is 4.57 Å². The van der Waals surface area contributed by atoms with Crippen LogP contribution in [0.2, 0.25) is 0 Å². The molecule has 32 valence electrons. The van der Waals surface area contributed by atoms with E-state index in [0.717, 1.165) is 0 Å². The van der Waals surface area contributed by atoms with E-state index in [-0.39, 0.29) is 57.5 Å². The van der Waals surface area contributed by atoms with E-state index in [9.17, 15) is 0 Å². The fourth-order valence-corrected chi connectivity index (χ4v) is 0. The van der Waals surface area contributed by atoms with E-state index in [2.05, 4.69) is 0 Å². The van der Waals surface area contributed by atoms with Gasteiger partial charge in [0.2, 0.25) is 0 Å². The molecular formula is H4KNO3P+. The van der Waals surface area contributed by atoms with E-state index in [1.807, 2.05) is 0 Å². The molecule has 0 saturated heterocycles. The molecule has 1 unspecified atom stereocenters. The summed E-state index contributed by atoms with van der Waals surface area (Å²) in [5.41, 5.74) is 0. The van der Waals surface area contributed by atoms with Crippen LogP contribution in [0.15, 0.2) is 0 Å². The minimum atomic E-state index is -3.12. The minimum Gasteiger partial charge on any atom is -0.567 e. The van der Waals surface area contributed by atoms with Crippen molar-refractivity contribution in [3.05, 3.63) is 0 Å². The van der Waals surface area contributed by atoms with Crippen molar-refractivity contribution in [2.45, 2.75) is 0 Å². The summed E-state index contributed by atoms with van der Waals surface area (Å²) in [7, 11) is -3.12. The Morgan fingerprint density at radius 1 is 1.67 bits per heavy atom. The molecule has 0 aliphatic rings. The SMILES string of the molecule is N.O=[P+]([O-])O.[K+]. The first-order chi connectivity index (χ1) is 1.73. The minimum absolute atomic E-state index is 0. The zero-order valence-electron chi connectivity index (χ0n) is 3.42. The number of hydrogen-bond donors (Lipinski definition) is 2. The van der Waals surface area contributed by atoms with Gasteiger partial charge < -0.3 is 11.0 Å². The van der Waals surface area contributed by atoms with Crippen molar-refractivity contribution < 1.29 is 65.7 Å². The molecule has 0 amide bonds. The topological polar surface area (TPSA) is 95.4 Å². The largest absolute Gasteiger partial charge is 1.00 e. The Morgan fingerprint density at radius 2 is 1.67 bits per heavy atom. The molecule has 0 fully saturated rings. The Bertz CT molecular complexity index is 33.8. The Labute approximate surface area is 78.9 Å². The summed E-state index contributed by atoms with van der Waals surface area (Å²) in [6.45, 7) is 0. The van der Waals surface area contributed by atoms with Crippen molar-refractivity contribution in [1.29, 1.82) is 0 Å².